The Morgan fingerprint density at radius 3 is 0.667 bits per heavy atom. The van der Waals surface area contributed by atoms with Gasteiger partial charge in [-0.25, -0.2) is 0 Å². The largest absolute Gasteiger partial charge is 0.0885 e. The van der Waals surface area contributed by atoms with Crippen LogP contribution in [0.15, 0.2) is 48.6 Å². The van der Waals surface area contributed by atoms with Gasteiger partial charge in [0.15, 0.2) is 0 Å². The Morgan fingerprint density at radius 2 is 0.417 bits per heavy atom. The van der Waals surface area contributed by atoms with E-state index in [0.29, 0.717) is 0 Å². The van der Waals surface area contributed by atoms with Crippen molar-refractivity contribution in [2.24, 2.45) is 0 Å². The molecule has 0 N–H and O–H groups in total. The Balaban J connectivity index is 0.000000240. The average molecular weight is 329 g/mol. The van der Waals surface area contributed by atoms with Crippen molar-refractivity contribution >= 4 is 0 Å². The third-order valence-corrected chi connectivity index (χ3v) is 4.65. The van der Waals surface area contributed by atoms with Crippen LogP contribution < -0.4 is 0 Å². The molecule has 24 heavy (non-hydrogen) atoms. The van der Waals surface area contributed by atoms with Gasteiger partial charge in [0.2, 0.25) is 0 Å². The Kier molecular flexibility index (Phi) is 16.0. The van der Waals surface area contributed by atoms with Gasteiger partial charge in [0.25, 0.3) is 0 Å². The molecular weight excluding hydrogens is 288 g/mol. The molecule has 0 aliphatic heterocycles. The molecule has 2 rings (SSSR count). The molecule has 0 nitrogen and oxygen atoms in total. The SMILES string of the molecule is C1=CCCCCCCC=CCC1.C1=CCCCCCCC=CCC1. The predicted octanol–water partition coefficient (Wildman–Crippen LogP) is 8.47. The maximum Gasteiger partial charge on any atom is -0.0316 e. The van der Waals surface area contributed by atoms with Crippen LogP contribution in [0.3, 0.4) is 0 Å². The van der Waals surface area contributed by atoms with Gasteiger partial charge >= 0.3 is 0 Å². The van der Waals surface area contributed by atoms with Gasteiger partial charge in [-0.3, -0.25) is 0 Å². The molecule has 0 bridgehead atoms. The molecular formula is C24H40. The van der Waals surface area contributed by atoms with Gasteiger partial charge in [-0.15, -0.1) is 0 Å². The number of hydrogen-bond acceptors (Lipinski definition) is 0. The summed E-state index contributed by atoms with van der Waals surface area (Å²) in [5.41, 5.74) is 0. The molecule has 2 aliphatic rings. The van der Waals surface area contributed by atoms with Crippen LogP contribution >= 0.6 is 0 Å². The molecule has 0 aromatic rings. The smallest absolute Gasteiger partial charge is 0.0316 e. The number of rotatable bonds is 0. The second kappa shape index (κ2) is 18.3. The van der Waals surface area contributed by atoms with Crippen molar-refractivity contribution in [1.82, 2.24) is 0 Å². The summed E-state index contributed by atoms with van der Waals surface area (Å²) in [6, 6.07) is 0. The number of allylic oxidation sites excluding steroid dienone is 8. The van der Waals surface area contributed by atoms with Crippen LogP contribution in [0.2, 0.25) is 0 Å². The molecule has 0 saturated heterocycles. The summed E-state index contributed by atoms with van der Waals surface area (Å²) >= 11 is 0. The highest BCUT2D eigenvalue weighted by Gasteiger charge is 1.89. The van der Waals surface area contributed by atoms with Gasteiger partial charge in [0.1, 0.15) is 0 Å². The van der Waals surface area contributed by atoms with E-state index in [1.54, 1.807) is 0 Å². The maximum atomic E-state index is 2.34. The second-order valence-corrected chi connectivity index (χ2v) is 7.02. The van der Waals surface area contributed by atoms with Crippen LogP contribution in [-0.4, -0.2) is 0 Å². The molecule has 2 aliphatic carbocycles. The standard InChI is InChI=1S/2C12H20/c2*1-2-4-6-8-10-12-11-9-7-5-3-1/h2*1-2,7,9H,3-6,8,10-12H2. The fourth-order valence-electron chi connectivity index (χ4n) is 3.08. The summed E-state index contributed by atoms with van der Waals surface area (Å²) in [7, 11) is 0. The number of hydrogen-bond donors (Lipinski definition) is 0. The summed E-state index contributed by atoms with van der Waals surface area (Å²) in [5, 5.41) is 0. The zero-order valence-electron chi connectivity index (χ0n) is 15.9. The first-order chi connectivity index (χ1) is 12.0. The second-order valence-electron chi connectivity index (χ2n) is 7.02. The van der Waals surface area contributed by atoms with Crippen LogP contribution in [0.1, 0.15) is 103 Å². The van der Waals surface area contributed by atoms with E-state index >= 15 is 0 Å². The van der Waals surface area contributed by atoms with Crippen LogP contribution in [0.4, 0.5) is 0 Å². The van der Waals surface area contributed by atoms with E-state index in [1.165, 1.54) is 103 Å². The van der Waals surface area contributed by atoms with Gasteiger partial charge in [0, 0.05) is 0 Å². The Labute approximate surface area is 151 Å². The quantitative estimate of drug-likeness (QED) is 0.391. The fraction of sp³-hybridized carbons (Fsp3) is 0.667. The first-order valence-electron chi connectivity index (χ1n) is 10.6. The molecule has 0 radical (unpaired) electrons. The first kappa shape index (κ1) is 21.0. The van der Waals surface area contributed by atoms with Crippen molar-refractivity contribution in [1.29, 1.82) is 0 Å². The Hall–Kier alpha value is -1.04. The highest BCUT2D eigenvalue weighted by atomic mass is 14.0. The minimum atomic E-state index is 1.23. The van der Waals surface area contributed by atoms with Crippen molar-refractivity contribution in [3.63, 3.8) is 0 Å². The van der Waals surface area contributed by atoms with E-state index in [-0.39, 0.29) is 0 Å². The highest BCUT2D eigenvalue weighted by Crippen LogP contribution is 2.09. The van der Waals surface area contributed by atoms with Crippen LogP contribution in [-0.2, 0) is 0 Å². The lowest BCUT2D eigenvalue weighted by molar-refractivity contribution is 0.650. The highest BCUT2D eigenvalue weighted by molar-refractivity contribution is 4.89. The van der Waals surface area contributed by atoms with Crippen LogP contribution in [0.5, 0.6) is 0 Å². The zero-order chi connectivity index (χ0) is 17.0. The minimum absolute atomic E-state index is 1.23. The van der Waals surface area contributed by atoms with Crippen molar-refractivity contribution < 1.29 is 0 Å². The summed E-state index contributed by atoms with van der Waals surface area (Å²) < 4.78 is 0. The summed E-state index contributed by atoms with van der Waals surface area (Å²) in [6.45, 7) is 0. The molecule has 0 unspecified atom stereocenters. The van der Waals surface area contributed by atoms with E-state index in [9.17, 15) is 0 Å². The normalized spacial score (nSPS) is 21.3. The summed E-state index contributed by atoms with van der Waals surface area (Å²) in [4.78, 5) is 0. The van der Waals surface area contributed by atoms with Gasteiger partial charge in [-0.05, 0) is 77.0 Å². The molecule has 0 atom stereocenters. The van der Waals surface area contributed by atoms with Crippen LogP contribution in [0, 0.1) is 0 Å². The molecule has 0 heteroatoms. The minimum Gasteiger partial charge on any atom is -0.0885 e. The van der Waals surface area contributed by atoms with Crippen LogP contribution in [0.25, 0.3) is 0 Å². The van der Waals surface area contributed by atoms with E-state index in [2.05, 4.69) is 48.6 Å². The van der Waals surface area contributed by atoms with Gasteiger partial charge < -0.3 is 0 Å². The van der Waals surface area contributed by atoms with Crippen molar-refractivity contribution in [2.75, 3.05) is 0 Å². The van der Waals surface area contributed by atoms with Crippen molar-refractivity contribution in [3.05, 3.63) is 48.6 Å². The molecule has 0 aromatic heterocycles. The van der Waals surface area contributed by atoms with E-state index in [0.717, 1.165) is 0 Å². The zero-order valence-corrected chi connectivity index (χ0v) is 15.9. The van der Waals surface area contributed by atoms with Crippen molar-refractivity contribution in [3.8, 4) is 0 Å². The lowest BCUT2D eigenvalue weighted by Crippen LogP contribution is -1.78. The van der Waals surface area contributed by atoms with E-state index in [1.807, 2.05) is 0 Å². The Bertz CT molecular complexity index is 284. The van der Waals surface area contributed by atoms with Gasteiger partial charge in [-0.1, -0.05) is 74.3 Å². The molecule has 136 valence electrons. The summed E-state index contributed by atoms with van der Waals surface area (Å²) in [5.74, 6) is 0. The first-order valence-corrected chi connectivity index (χ1v) is 10.6. The molecule has 0 fully saturated rings. The molecule has 0 spiro atoms. The average Bonchev–Trinajstić information content (AvgIpc) is 2.56. The van der Waals surface area contributed by atoms with E-state index < -0.39 is 0 Å². The predicted molar refractivity (Wildman–Crippen MR) is 110 cm³/mol. The lowest BCUT2D eigenvalue weighted by atomic mass is 10.1. The molecule has 0 aromatic carbocycles. The fourth-order valence-corrected chi connectivity index (χ4v) is 3.08. The van der Waals surface area contributed by atoms with Gasteiger partial charge in [0.05, 0.1) is 0 Å². The maximum absolute atomic E-state index is 2.34. The molecule has 0 heterocycles. The third kappa shape index (κ3) is 15.8. The molecule has 0 amide bonds. The van der Waals surface area contributed by atoms with E-state index in [4.69, 9.17) is 0 Å². The summed E-state index contributed by atoms with van der Waals surface area (Å²) in [6.07, 6.45) is 40.0. The van der Waals surface area contributed by atoms with Crippen molar-refractivity contribution in [2.45, 2.75) is 103 Å². The van der Waals surface area contributed by atoms with Gasteiger partial charge in [-0.2, -0.15) is 0 Å². The third-order valence-electron chi connectivity index (χ3n) is 4.65. The molecule has 0 saturated carbocycles. The monoisotopic (exact) mass is 328 g/mol. The Morgan fingerprint density at radius 1 is 0.208 bits per heavy atom. The topological polar surface area (TPSA) is 0 Å². The lowest BCUT2D eigenvalue weighted by Gasteiger charge is -1.98.